The summed E-state index contributed by atoms with van der Waals surface area (Å²) in [5.41, 5.74) is 0. The van der Waals surface area contributed by atoms with Crippen LogP contribution in [0.15, 0.2) is 0 Å². The molecule has 2 atom stereocenters. The van der Waals surface area contributed by atoms with Gasteiger partial charge in [0.2, 0.25) is 0 Å². The van der Waals surface area contributed by atoms with Crippen molar-refractivity contribution in [3.8, 4) is 0 Å². The molecule has 1 rings (SSSR count). The molecule has 1 aliphatic rings. The van der Waals surface area contributed by atoms with Crippen LogP contribution in [0, 0.1) is 11.8 Å². The van der Waals surface area contributed by atoms with E-state index in [9.17, 15) is 4.79 Å². The van der Waals surface area contributed by atoms with Crippen molar-refractivity contribution in [3.05, 3.63) is 0 Å². The third-order valence-corrected chi connectivity index (χ3v) is 2.73. The van der Waals surface area contributed by atoms with Gasteiger partial charge in [-0.2, -0.15) is 0 Å². The fraction of sp³-hybridized carbons (Fsp3) is 0.900. The first kappa shape index (κ1) is 10.5. The smallest absolute Gasteiger partial charge is 0.319 e. The van der Waals surface area contributed by atoms with E-state index in [0.29, 0.717) is 6.54 Å². The van der Waals surface area contributed by atoms with Crippen molar-refractivity contribution in [3.63, 3.8) is 0 Å². The SMILES string of the molecule is COC(=O)CNCC1CCC(C)C1. The van der Waals surface area contributed by atoms with Crippen LogP contribution in [0.5, 0.6) is 0 Å². The van der Waals surface area contributed by atoms with Crippen molar-refractivity contribution in [2.45, 2.75) is 26.2 Å². The Balaban J connectivity index is 2.03. The summed E-state index contributed by atoms with van der Waals surface area (Å²) in [7, 11) is 1.42. The summed E-state index contributed by atoms with van der Waals surface area (Å²) >= 11 is 0. The molecule has 2 unspecified atom stereocenters. The van der Waals surface area contributed by atoms with Crippen molar-refractivity contribution in [2.24, 2.45) is 11.8 Å². The van der Waals surface area contributed by atoms with E-state index in [2.05, 4.69) is 17.0 Å². The lowest BCUT2D eigenvalue weighted by molar-refractivity contribution is -0.139. The van der Waals surface area contributed by atoms with Crippen LogP contribution in [0.2, 0.25) is 0 Å². The number of hydrogen-bond acceptors (Lipinski definition) is 3. The van der Waals surface area contributed by atoms with Gasteiger partial charge in [-0.1, -0.05) is 13.3 Å². The average molecular weight is 185 g/mol. The van der Waals surface area contributed by atoms with Gasteiger partial charge in [0.25, 0.3) is 0 Å². The van der Waals surface area contributed by atoms with E-state index in [-0.39, 0.29) is 5.97 Å². The van der Waals surface area contributed by atoms with Crippen LogP contribution in [-0.2, 0) is 9.53 Å². The molecule has 76 valence electrons. The molecule has 13 heavy (non-hydrogen) atoms. The molecule has 0 spiro atoms. The molecule has 1 fully saturated rings. The average Bonchev–Trinajstić information content (AvgIpc) is 2.51. The van der Waals surface area contributed by atoms with Crippen molar-refractivity contribution in [1.29, 1.82) is 0 Å². The second-order valence-corrected chi connectivity index (χ2v) is 3.99. The molecule has 1 saturated carbocycles. The molecule has 3 nitrogen and oxygen atoms in total. The van der Waals surface area contributed by atoms with Gasteiger partial charge in [-0.3, -0.25) is 4.79 Å². The number of ether oxygens (including phenoxy) is 1. The second-order valence-electron chi connectivity index (χ2n) is 3.99. The standard InChI is InChI=1S/C10H19NO2/c1-8-3-4-9(5-8)6-11-7-10(12)13-2/h8-9,11H,3-7H2,1-2H3. The van der Waals surface area contributed by atoms with Crippen LogP contribution in [0.25, 0.3) is 0 Å². The third kappa shape index (κ3) is 3.77. The van der Waals surface area contributed by atoms with Crippen molar-refractivity contribution < 1.29 is 9.53 Å². The maximum atomic E-state index is 10.8. The highest BCUT2D eigenvalue weighted by atomic mass is 16.5. The van der Waals surface area contributed by atoms with Gasteiger partial charge in [0.15, 0.2) is 0 Å². The fourth-order valence-corrected chi connectivity index (χ4v) is 1.96. The summed E-state index contributed by atoms with van der Waals surface area (Å²) in [6.45, 7) is 3.60. The van der Waals surface area contributed by atoms with Gasteiger partial charge >= 0.3 is 5.97 Å². The van der Waals surface area contributed by atoms with Gasteiger partial charge in [0.05, 0.1) is 13.7 Å². The normalized spacial score (nSPS) is 27.5. The quantitative estimate of drug-likeness (QED) is 0.668. The van der Waals surface area contributed by atoms with E-state index >= 15 is 0 Å². The van der Waals surface area contributed by atoms with Gasteiger partial charge in [0, 0.05) is 0 Å². The first-order valence-electron chi connectivity index (χ1n) is 5.00. The minimum Gasteiger partial charge on any atom is -0.468 e. The van der Waals surface area contributed by atoms with Crippen molar-refractivity contribution in [1.82, 2.24) is 5.32 Å². The summed E-state index contributed by atoms with van der Waals surface area (Å²) in [6, 6.07) is 0. The molecule has 0 radical (unpaired) electrons. The monoisotopic (exact) mass is 185 g/mol. The number of rotatable bonds is 4. The van der Waals surface area contributed by atoms with Crippen LogP contribution >= 0.6 is 0 Å². The molecule has 0 aromatic rings. The molecule has 0 heterocycles. The summed E-state index contributed by atoms with van der Waals surface area (Å²) in [6.07, 6.45) is 3.94. The van der Waals surface area contributed by atoms with Gasteiger partial charge in [-0.05, 0) is 31.2 Å². The van der Waals surface area contributed by atoms with Crippen molar-refractivity contribution >= 4 is 5.97 Å². The number of carbonyl (C=O) groups excluding carboxylic acids is 1. The van der Waals surface area contributed by atoms with Crippen LogP contribution in [-0.4, -0.2) is 26.2 Å². The number of esters is 1. The molecular weight excluding hydrogens is 166 g/mol. The van der Waals surface area contributed by atoms with E-state index in [1.54, 1.807) is 0 Å². The molecule has 1 aliphatic carbocycles. The Hall–Kier alpha value is -0.570. The fourth-order valence-electron chi connectivity index (χ4n) is 1.96. The Morgan fingerprint density at radius 1 is 1.54 bits per heavy atom. The highest BCUT2D eigenvalue weighted by Crippen LogP contribution is 2.29. The predicted molar refractivity (Wildman–Crippen MR) is 51.4 cm³/mol. The Morgan fingerprint density at radius 2 is 2.31 bits per heavy atom. The first-order valence-corrected chi connectivity index (χ1v) is 5.00. The van der Waals surface area contributed by atoms with Crippen molar-refractivity contribution in [2.75, 3.05) is 20.2 Å². The van der Waals surface area contributed by atoms with Gasteiger partial charge in [-0.25, -0.2) is 0 Å². The minimum absolute atomic E-state index is 0.175. The molecule has 0 aliphatic heterocycles. The number of hydrogen-bond donors (Lipinski definition) is 1. The minimum atomic E-state index is -0.175. The van der Waals surface area contributed by atoms with Crippen LogP contribution in [0.4, 0.5) is 0 Å². The Kier molecular flexibility index (Phi) is 4.22. The highest BCUT2D eigenvalue weighted by Gasteiger charge is 2.20. The lowest BCUT2D eigenvalue weighted by atomic mass is 10.1. The summed E-state index contributed by atoms with van der Waals surface area (Å²) in [4.78, 5) is 10.8. The first-order chi connectivity index (χ1) is 6.22. The Labute approximate surface area is 79.8 Å². The zero-order valence-electron chi connectivity index (χ0n) is 8.51. The summed E-state index contributed by atoms with van der Waals surface area (Å²) in [5, 5.41) is 3.12. The van der Waals surface area contributed by atoms with Gasteiger partial charge in [0.1, 0.15) is 0 Å². The lowest BCUT2D eigenvalue weighted by Gasteiger charge is -2.09. The maximum absolute atomic E-state index is 10.8. The van der Waals surface area contributed by atoms with Crippen LogP contribution in [0.3, 0.4) is 0 Å². The van der Waals surface area contributed by atoms with E-state index in [1.807, 2.05) is 0 Å². The second kappa shape index (κ2) is 5.22. The van der Waals surface area contributed by atoms with E-state index in [0.717, 1.165) is 18.4 Å². The molecule has 0 amide bonds. The van der Waals surface area contributed by atoms with Crippen LogP contribution < -0.4 is 5.32 Å². The van der Waals surface area contributed by atoms with E-state index in [4.69, 9.17) is 0 Å². The summed E-state index contributed by atoms with van der Waals surface area (Å²) < 4.78 is 4.53. The highest BCUT2D eigenvalue weighted by molar-refractivity contribution is 5.71. The molecule has 0 aromatic heterocycles. The van der Waals surface area contributed by atoms with Gasteiger partial charge < -0.3 is 10.1 Å². The zero-order chi connectivity index (χ0) is 9.68. The third-order valence-electron chi connectivity index (χ3n) is 2.73. The molecule has 0 bridgehead atoms. The Bertz CT molecular complexity index is 170. The Morgan fingerprint density at radius 3 is 2.85 bits per heavy atom. The molecule has 0 aromatic carbocycles. The van der Waals surface area contributed by atoms with Crippen LogP contribution in [0.1, 0.15) is 26.2 Å². The zero-order valence-corrected chi connectivity index (χ0v) is 8.51. The summed E-state index contributed by atoms with van der Waals surface area (Å²) in [5.74, 6) is 1.45. The van der Waals surface area contributed by atoms with Gasteiger partial charge in [-0.15, -0.1) is 0 Å². The lowest BCUT2D eigenvalue weighted by Crippen LogP contribution is -2.28. The predicted octanol–water partition coefficient (Wildman–Crippen LogP) is 1.19. The molecule has 3 heteroatoms. The molecule has 1 N–H and O–H groups in total. The van der Waals surface area contributed by atoms with E-state index < -0.39 is 0 Å². The maximum Gasteiger partial charge on any atom is 0.319 e. The number of methoxy groups -OCH3 is 1. The molecule has 0 saturated heterocycles. The number of carbonyl (C=O) groups is 1. The van der Waals surface area contributed by atoms with E-state index in [1.165, 1.54) is 26.4 Å². The topological polar surface area (TPSA) is 38.3 Å². The number of nitrogens with one attached hydrogen (secondary N) is 1. The largest absolute Gasteiger partial charge is 0.468 e. The molecular formula is C10H19NO2.